The van der Waals surface area contributed by atoms with E-state index < -0.39 is 0 Å². The van der Waals surface area contributed by atoms with Crippen molar-refractivity contribution in [2.45, 2.75) is 45.4 Å². The summed E-state index contributed by atoms with van der Waals surface area (Å²) in [5, 5.41) is 11.5. The molecule has 2 rings (SSSR count). The lowest BCUT2D eigenvalue weighted by Crippen LogP contribution is -2.28. The summed E-state index contributed by atoms with van der Waals surface area (Å²) in [6.45, 7) is 3.94. The molecule has 0 saturated carbocycles. The molecule has 1 radical (unpaired) electrons. The van der Waals surface area contributed by atoms with E-state index in [2.05, 4.69) is 33.4 Å². The van der Waals surface area contributed by atoms with Crippen LogP contribution in [0.2, 0.25) is 5.02 Å². The zero-order valence-corrected chi connectivity index (χ0v) is 15.5. The highest BCUT2D eigenvalue weighted by Crippen LogP contribution is 2.25. The molecule has 2 aromatic rings. The third-order valence-corrected chi connectivity index (χ3v) is 4.72. The number of hydrogen-bond acceptors (Lipinski definition) is 5. The first-order valence-corrected chi connectivity index (χ1v) is 9.61. The van der Waals surface area contributed by atoms with Gasteiger partial charge in [-0.1, -0.05) is 44.2 Å². The standard InChI is InChI=1S/C18H22ClN4S/c1-2-3-4-5-6-8-23(9-7-16-13-24-14-22-16)18-17(19)10-15(11-20)12-21-18/h10,12-13H,2-9H2,1H3. The van der Waals surface area contributed by atoms with Crippen LogP contribution in [0, 0.1) is 16.8 Å². The minimum absolute atomic E-state index is 0.487. The number of unbranched alkanes of at least 4 members (excludes halogenated alkanes) is 4. The molecule has 127 valence electrons. The number of pyridine rings is 1. The highest BCUT2D eigenvalue weighted by atomic mass is 35.5. The molecule has 0 aliphatic rings. The van der Waals surface area contributed by atoms with Gasteiger partial charge in [-0.3, -0.25) is 0 Å². The van der Waals surface area contributed by atoms with Crippen molar-refractivity contribution in [3.05, 3.63) is 39.4 Å². The van der Waals surface area contributed by atoms with Crippen LogP contribution in [0.5, 0.6) is 0 Å². The van der Waals surface area contributed by atoms with Crippen LogP contribution in [0.3, 0.4) is 0 Å². The second kappa shape index (κ2) is 10.3. The maximum atomic E-state index is 8.97. The second-order valence-electron chi connectivity index (χ2n) is 5.72. The maximum Gasteiger partial charge on any atom is 0.152 e. The smallest absolute Gasteiger partial charge is 0.152 e. The summed E-state index contributed by atoms with van der Waals surface area (Å²) >= 11 is 7.84. The number of nitrogens with zero attached hydrogens (tertiary/aromatic N) is 4. The van der Waals surface area contributed by atoms with Crippen LogP contribution in [0.4, 0.5) is 5.82 Å². The van der Waals surface area contributed by atoms with Crippen molar-refractivity contribution in [3.8, 4) is 6.07 Å². The average molecular weight is 362 g/mol. The summed E-state index contributed by atoms with van der Waals surface area (Å²) in [5.41, 5.74) is 4.41. The van der Waals surface area contributed by atoms with Gasteiger partial charge in [0, 0.05) is 31.1 Å². The van der Waals surface area contributed by atoms with E-state index in [4.69, 9.17) is 16.9 Å². The van der Waals surface area contributed by atoms with Crippen molar-refractivity contribution in [2.75, 3.05) is 18.0 Å². The molecule has 2 heterocycles. The number of aromatic nitrogens is 2. The monoisotopic (exact) mass is 361 g/mol. The van der Waals surface area contributed by atoms with Crippen LogP contribution in [-0.2, 0) is 6.42 Å². The van der Waals surface area contributed by atoms with E-state index >= 15 is 0 Å². The molecular formula is C18H22ClN4S. The van der Waals surface area contributed by atoms with Crippen molar-refractivity contribution in [1.29, 1.82) is 5.26 Å². The first kappa shape index (κ1) is 18.7. The summed E-state index contributed by atoms with van der Waals surface area (Å²) in [4.78, 5) is 10.8. The van der Waals surface area contributed by atoms with Crippen LogP contribution in [0.25, 0.3) is 0 Å². The SMILES string of the molecule is CCCCCCCN(CCc1cs[c]n1)c1ncc(C#N)cc1Cl. The highest BCUT2D eigenvalue weighted by Gasteiger charge is 2.13. The molecular weight excluding hydrogens is 340 g/mol. The molecule has 6 heteroatoms. The van der Waals surface area contributed by atoms with Crippen molar-refractivity contribution in [2.24, 2.45) is 0 Å². The Morgan fingerprint density at radius 3 is 2.79 bits per heavy atom. The number of hydrogen-bond donors (Lipinski definition) is 0. The van der Waals surface area contributed by atoms with Gasteiger partial charge in [-0.15, -0.1) is 11.3 Å². The summed E-state index contributed by atoms with van der Waals surface area (Å²) in [6, 6.07) is 3.76. The molecule has 24 heavy (non-hydrogen) atoms. The lowest BCUT2D eigenvalue weighted by molar-refractivity contribution is 0.614. The van der Waals surface area contributed by atoms with E-state index in [1.165, 1.54) is 37.0 Å². The lowest BCUT2D eigenvalue weighted by atomic mass is 10.1. The molecule has 0 unspecified atom stereocenters. The Morgan fingerprint density at radius 1 is 1.29 bits per heavy atom. The van der Waals surface area contributed by atoms with Gasteiger partial charge >= 0.3 is 0 Å². The Labute approximate surface area is 153 Å². The number of anilines is 1. The van der Waals surface area contributed by atoms with Crippen molar-refractivity contribution >= 4 is 28.8 Å². The maximum absolute atomic E-state index is 8.97. The average Bonchev–Trinajstić information content (AvgIpc) is 3.11. The molecule has 0 aromatic carbocycles. The molecule has 2 aromatic heterocycles. The molecule has 0 bridgehead atoms. The van der Waals surface area contributed by atoms with Crippen molar-refractivity contribution in [1.82, 2.24) is 9.97 Å². The number of halogens is 1. The topological polar surface area (TPSA) is 52.8 Å². The van der Waals surface area contributed by atoms with Crippen molar-refractivity contribution < 1.29 is 0 Å². The van der Waals surface area contributed by atoms with Gasteiger partial charge in [-0.05, 0) is 12.5 Å². The van der Waals surface area contributed by atoms with E-state index in [-0.39, 0.29) is 0 Å². The normalized spacial score (nSPS) is 10.5. The van der Waals surface area contributed by atoms with Gasteiger partial charge in [0.25, 0.3) is 0 Å². The van der Waals surface area contributed by atoms with Crippen LogP contribution in [0.1, 0.15) is 50.3 Å². The van der Waals surface area contributed by atoms with Gasteiger partial charge in [-0.25, -0.2) is 9.97 Å². The van der Waals surface area contributed by atoms with Crippen LogP contribution >= 0.6 is 22.9 Å². The van der Waals surface area contributed by atoms with Crippen LogP contribution in [-0.4, -0.2) is 23.1 Å². The minimum atomic E-state index is 0.487. The number of rotatable bonds is 10. The van der Waals surface area contributed by atoms with Gasteiger partial charge in [0.05, 0.1) is 16.3 Å². The fourth-order valence-corrected chi connectivity index (χ4v) is 3.34. The van der Waals surface area contributed by atoms with Crippen molar-refractivity contribution in [3.63, 3.8) is 0 Å². The highest BCUT2D eigenvalue weighted by molar-refractivity contribution is 7.07. The molecule has 0 amide bonds. The molecule has 0 aliphatic carbocycles. The van der Waals surface area contributed by atoms with Gasteiger partial charge in [0.2, 0.25) is 0 Å². The minimum Gasteiger partial charge on any atom is -0.355 e. The number of thiazole rings is 1. The molecule has 0 aliphatic heterocycles. The second-order valence-corrected chi connectivity index (χ2v) is 6.78. The molecule has 0 fully saturated rings. The zero-order valence-electron chi connectivity index (χ0n) is 14.0. The first-order chi connectivity index (χ1) is 11.7. The Kier molecular flexibility index (Phi) is 8.00. The third kappa shape index (κ3) is 5.77. The Balaban J connectivity index is 2.02. The lowest BCUT2D eigenvalue weighted by Gasteiger charge is -2.24. The van der Waals surface area contributed by atoms with Gasteiger partial charge in [0.15, 0.2) is 5.51 Å². The molecule has 0 N–H and O–H groups in total. The van der Waals surface area contributed by atoms with E-state index in [9.17, 15) is 0 Å². The largest absolute Gasteiger partial charge is 0.355 e. The first-order valence-electron chi connectivity index (χ1n) is 8.35. The Bertz CT molecular complexity index is 652. The van der Waals surface area contributed by atoms with Crippen LogP contribution in [0.15, 0.2) is 17.6 Å². The predicted octanol–water partition coefficient (Wildman–Crippen LogP) is 4.88. The van der Waals surface area contributed by atoms with E-state index in [0.29, 0.717) is 10.6 Å². The third-order valence-electron chi connectivity index (χ3n) is 3.86. The fourth-order valence-electron chi connectivity index (χ4n) is 2.52. The van der Waals surface area contributed by atoms with E-state index in [1.807, 2.05) is 5.38 Å². The molecule has 0 spiro atoms. The van der Waals surface area contributed by atoms with Gasteiger partial charge < -0.3 is 4.90 Å². The summed E-state index contributed by atoms with van der Waals surface area (Å²) in [6.07, 6.45) is 8.54. The summed E-state index contributed by atoms with van der Waals surface area (Å²) in [5.74, 6) is 0.755. The molecule has 4 nitrogen and oxygen atoms in total. The molecule has 0 saturated heterocycles. The summed E-state index contributed by atoms with van der Waals surface area (Å²) in [7, 11) is 0. The quantitative estimate of drug-likeness (QED) is 0.566. The Hall–Kier alpha value is -1.64. The predicted molar refractivity (Wildman–Crippen MR) is 99.6 cm³/mol. The van der Waals surface area contributed by atoms with Gasteiger partial charge in [-0.2, -0.15) is 5.26 Å². The van der Waals surface area contributed by atoms with Crippen LogP contribution < -0.4 is 4.90 Å². The van der Waals surface area contributed by atoms with E-state index in [1.54, 1.807) is 12.3 Å². The number of nitriles is 1. The van der Waals surface area contributed by atoms with Gasteiger partial charge in [0.1, 0.15) is 11.9 Å². The molecule has 0 atom stereocenters. The summed E-state index contributed by atoms with van der Waals surface area (Å²) < 4.78 is 0. The van der Waals surface area contributed by atoms with E-state index in [0.717, 1.165) is 37.4 Å². The Morgan fingerprint density at radius 2 is 2.12 bits per heavy atom. The zero-order chi connectivity index (χ0) is 17.2. The fraction of sp³-hybridized carbons (Fsp3) is 0.500.